The number of anilines is 2. The molecular formula is C30H41N5O. The average Bonchev–Trinajstić information content (AvgIpc) is 3.25. The quantitative estimate of drug-likeness (QED) is 0.473. The number of hydrogen-bond acceptors (Lipinski definition) is 5. The van der Waals surface area contributed by atoms with Gasteiger partial charge in [-0.2, -0.15) is 5.10 Å². The second-order valence-corrected chi connectivity index (χ2v) is 12.0. The summed E-state index contributed by atoms with van der Waals surface area (Å²) < 4.78 is 2.01. The Morgan fingerprint density at radius 1 is 1.17 bits per heavy atom. The highest BCUT2D eigenvalue weighted by Crippen LogP contribution is 2.43. The van der Waals surface area contributed by atoms with E-state index in [0.29, 0.717) is 18.1 Å². The molecule has 6 heteroatoms. The Bertz CT molecular complexity index is 1220. The van der Waals surface area contributed by atoms with Gasteiger partial charge in [-0.1, -0.05) is 39.8 Å². The van der Waals surface area contributed by atoms with Crippen molar-refractivity contribution in [2.24, 2.45) is 17.3 Å². The Labute approximate surface area is 215 Å². The maximum absolute atomic E-state index is 13.4. The highest BCUT2D eigenvalue weighted by atomic mass is 16.1. The van der Waals surface area contributed by atoms with Crippen LogP contribution >= 0.6 is 0 Å². The third-order valence-corrected chi connectivity index (χ3v) is 8.22. The van der Waals surface area contributed by atoms with Crippen LogP contribution in [-0.4, -0.2) is 40.0 Å². The fourth-order valence-corrected chi connectivity index (χ4v) is 6.48. The monoisotopic (exact) mass is 487 g/mol. The number of fused-ring (bicyclic) bond motifs is 3. The number of carbonyl (C=O) groups excluding carboxylic acids is 1. The molecule has 4 heterocycles. The second-order valence-electron chi connectivity index (χ2n) is 12.0. The number of aromatic nitrogens is 3. The molecule has 0 amide bonds. The number of carbonyl (C=O) groups is 1. The van der Waals surface area contributed by atoms with Gasteiger partial charge in [-0.15, -0.1) is 0 Å². The molecule has 2 atom stereocenters. The van der Waals surface area contributed by atoms with Crippen molar-refractivity contribution < 1.29 is 4.79 Å². The molecule has 2 aliphatic heterocycles. The van der Waals surface area contributed by atoms with Gasteiger partial charge in [0.15, 0.2) is 5.65 Å². The van der Waals surface area contributed by atoms with E-state index in [0.717, 1.165) is 62.3 Å². The third-order valence-electron chi connectivity index (χ3n) is 8.22. The van der Waals surface area contributed by atoms with Crippen LogP contribution in [0.15, 0.2) is 36.5 Å². The lowest BCUT2D eigenvalue weighted by atomic mass is 9.68. The van der Waals surface area contributed by atoms with E-state index in [1.807, 2.05) is 23.7 Å². The molecular weight excluding hydrogens is 446 g/mol. The molecule has 1 N–H and O–H groups in total. The van der Waals surface area contributed by atoms with Gasteiger partial charge in [-0.3, -0.25) is 4.79 Å². The number of nitrogens with one attached hydrogen (secondary N) is 1. The maximum Gasteiger partial charge on any atom is 0.155 e. The minimum Gasteiger partial charge on any atom is -0.339 e. The number of aryl methyl sites for hydroxylation is 2. The molecule has 2 aliphatic rings. The summed E-state index contributed by atoms with van der Waals surface area (Å²) in [5.41, 5.74) is 6.71. The Balaban J connectivity index is 1.39. The molecule has 6 nitrogen and oxygen atoms in total. The summed E-state index contributed by atoms with van der Waals surface area (Å²) in [7, 11) is 0. The molecule has 192 valence electrons. The zero-order valence-electron chi connectivity index (χ0n) is 22.6. The van der Waals surface area contributed by atoms with E-state index in [4.69, 9.17) is 0 Å². The van der Waals surface area contributed by atoms with Crippen LogP contribution in [0.25, 0.3) is 5.65 Å². The third kappa shape index (κ3) is 4.93. The summed E-state index contributed by atoms with van der Waals surface area (Å²) in [5, 5.41) is 8.10. The SMILES string of the molecule is Cc1cc2ncc3c(n2n1)CCCN3c1ccc([C@H](C(C)C(=O)CC2CCNCC2)C(C)(C)C)cc1. The number of benzene rings is 1. The molecule has 0 aliphatic carbocycles. The first-order chi connectivity index (χ1) is 17.2. The van der Waals surface area contributed by atoms with E-state index in [-0.39, 0.29) is 17.3 Å². The summed E-state index contributed by atoms with van der Waals surface area (Å²) in [5.74, 6) is 1.13. The molecule has 5 rings (SSSR count). The van der Waals surface area contributed by atoms with E-state index in [1.54, 1.807) is 0 Å². The molecule has 0 bridgehead atoms. The van der Waals surface area contributed by atoms with Crippen LogP contribution in [-0.2, 0) is 11.2 Å². The maximum atomic E-state index is 13.4. The minimum absolute atomic E-state index is 0.00184. The fraction of sp³-hybridized carbons (Fsp3) is 0.567. The van der Waals surface area contributed by atoms with E-state index in [9.17, 15) is 4.79 Å². The summed E-state index contributed by atoms with van der Waals surface area (Å²) >= 11 is 0. The summed E-state index contributed by atoms with van der Waals surface area (Å²) in [6.07, 6.45) is 7.03. The smallest absolute Gasteiger partial charge is 0.155 e. The molecule has 0 spiro atoms. The van der Waals surface area contributed by atoms with E-state index in [2.05, 4.69) is 72.3 Å². The van der Waals surface area contributed by atoms with Crippen molar-refractivity contribution in [1.29, 1.82) is 0 Å². The Hall–Kier alpha value is -2.73. The van der Waals surface area contributed by atoms with Crippen LogP contribution in [0.3, 0.4) is 0 Å². The molecule has 36 heavy (non-hydrogen) atoms. The second kappa shape index (κ2) is 9.97. The highest BCUT2D eigenvalue weighted by Gasteiger charge is 2.35. The van der Waals surface area contributed by atoms with Crippen molar-refractivity contribution in [3.05, 3.63) is 53.5 Å². The van der Waals surface area contributed by atoms with Crippen LogP contribution in [0.4, 0.5) is 11.4 Å². The van der Waals surface area contributed by atoms with Gasteiger partial charge >= 0.3 is 0 Å². The number of hydrogen-bond donors (Lipinski definition) is 1. The van der Waals surface area contributed by atoms with E-state index >= 15 is 0 Å². The standard InChI is InChI=1S/C30H41N5O/c1-20-17-28-32-19-26-25(35(28)33-20)7-6-16-34(26)24-10-8-23(9-11-24)29(30(3,4)5)21(2)27(36)18-22-12-14-31-15-13-22/h8-11,17,19,21-22,29,31H,6-7,12-16,18H2,1-5H3/t21?,29-/m0/s1. The summed E-state index contributed by atoms with van der Waals surface area (Å²) in [6, 6.07) is 11.0. The Kier molecular flexibility index (Phi) is 6.90. The minimum atomic E-state index is -0.00405. The van der Waals surface area contributed by atoms with Crippen molar-refractivity contribution in [2.45, 2.75) is 72.6 Å². The highest BCUT2D eigenvalue weighted by molar-refractivity contribution is 5.82. The van der Waals surface area contributed by atoms with Crippen molar-refractivity contribution >= 4 is 22.8 Å². The zero-order valence-corrected chi connectivity index (χ0v) is 22.6. The molecule has 1 aromatic carbocycles. The largest absolute Gasteiger partial charge is 0.339 e. The van der Waals surface area contributed by atoms with E-state index < -0.39 is 0 Å². The topological polar surface area (TPSA) is 62.5 Å². The zero-order chi connectivity index (χ0) is 25.4. The lowest BCUT2D eigenvalue weighted by Crippen LogP contribution is -2.33. The summed E-state index contributed by atoms with van der Waals surface area (Å²) in [4.78, 5) is 20.4. The van der Waals surface area contributed by atoms with Gasteiger partial charge in [0.25, 0.3) is 0 Å². The van der Waals surface area contributed by atoms with Crippen LogP contribution in [0.5, 0.6) is 0 Å². The first-order valence-corrected chi connectivity index (χ1v) is 13.7. The van der Waals surface area contributed by atoms with Crippen molar-refractivity contribution in [1.82, 2.24) is 19.9 Å². The predicted molar refractivity (Wildman–Crippen MR) is 146 cm³/mol. The predicted octanol–water partition coefficient (Wildman–Crippen LogP) is 5.85. The molecule has 1 fully saturated rings. The molecule has 0 saturated carbocycles. The van der Waals surface area contributed by atoms with Gasteiger partial charge in [0.2, 0.25) is 0 Å². The fourth-order valence-electron chi connectivity index (χ4n) is 6.48. The van der Waals surface area contributed by atoms with Gasteiger partial charge in [-0.05, 0) is 80.6 Å². The number of piperidine rings is 1. The number of nitrogens with zero attached hydrogens (tertiary/aromatic N) is 4. The van der Waals surface area contributed by atoms with Gasteiger partial charge in [0.1, 0.15) is 5.78 Å². The molecule has 2 aromatic heterocycles. The summed E-state index contributed by atoms with van der Waals surface area (Å²) in [6.45, 7) is 14.0. The molecule has 1 saturated heterocycles. The first kappa shape index (κ1) is 24.9. The molecule has 1 unspecified atom stereocenters. The molecule has 0 radical (unpaired) electrons. The molecule has 3 aromatic rings. The average molecular weight is 488 g/mol. The van der Waals surface area contributed by atoms with Gasteiger partial charge in [-0.25, -0.2) is 9.50 Å². The lowest BCUT2D eigenvalue weighted by Gasteiger charge is -2.37. The van der Waals surface area contributed by atoms with Crippen molar-refractivity contribution in [3.63, 3.8) is 0 Å². The number of rotatable bonds is 6. The Morgan fingerprint density at radius 3 is 2.58 bits per heavy atom. The lowest BCUT2D eigenvalue weighted by molar-refractivity contribution is -0.125. The van der Waals surface area contributed by atoms with Crippen LogP contribution in [0.1, 0.15) is 76.2 Å². The van der Waals surface area contributed by atoms with Gasteiger partial charge in [0.05, 0.1) is 23.3 Å². The van der Waals surface area contributed by atoms with Crippen LogP contribution in [0.2, 0.25) is 0 Å². The number of Topliss-reactive ketones (excluding diaryl/α,β-unsaturated/α-hetero) is 1. The first-order valence-electron chi connectivity index (χ1n) is 13.7. The van der Waals surface area contributed by atoms with E-state index in [1.165, 1.54) is 16.9 Å². The van der Waals surface area contributed by atoms with Crippen LogP contribution in [0, 0.1) is 24.2 Å². The normalized spacial score (nSPS) is 18.8. The number of ketones is 1. The Morgan fingerprint density at radius 2 is 1.89 bits per heavy atom. The van der Waals surface area contributed by atoms with Gasteiger partial charge < -0.3 is 10.2 Å². The van der Waals surface area contributed by atoms with Gasteiger partial charge in [0, 0.05) is 30.6 Å². The van der Waals surface area contributed by atoms with Crippen LogP contribution < -0.4 is 10.2 Å². The van der Waals surface area contributed by atoms with Crippen molar-refractivity contribution in [3.8, 4) is 0 Å². The van der Waals surface area contributed by atoms with Crippen molar-refractivity contribution in [2.75, 3.05) is 24.5 Å².